The molecule has 2 rings (SSSR count). The molecule has 1 aliphatic heterocycles. The predicted molar refractivity (Wildman–Crippen MR) is 84.1 cm³/mol. The summed E-state index contributed by atoms with van der Waals surface area (Å²) in [5.41, 5.74) is -0.603. The Bertz CT molecular complexity index is 332. The lowest BCUT2D eigenvalue weighted by atomic mass is 9.78. The van der Waals surface area contributed by atoms with E-state index < -0.39 is 5.60 Å². The molecule has 1 saturated carbocycles. The lowest BCUT2D eigenvalue weighted by molar-refractivity contribution is -0.132. The molecule has 0 aromatic heterocycles. The van der Waals surface area contributed by atoms with Crippen molar-refractivity contribution < 1.29 is 9.90 Å². The summed E-state index contributed by atoms with van der Waals surface area (Å²) >= 11 is 0. The molecule has 2 aliphatic rings. The minimum absolute atomic E-state index is 0.161. The molecule has 5 heteroatoms. The van der Waals surface area contributed by atoms with Crippen molar-refractivity contribution in [2.75, 3.05) is 46.3 Å². The Morgan fingerprint density at radius 1 is 1.24 bits per heavy atom. The average molecular weight is 297 g/mol. The fourth-order valence-electron chi connectivity index (χ4n) is 3.37. The van der Waals surface area contributed by atoms with E-state index in [-0.39, 0.29) is 5.91 Å². The highest BCUT2D eigenvalue weighted by molar-refractivity contribution is 5.78. The maximum atomic E-state index is 12.1. The Morgan fingerprint density at radius 3 is 2.43 bits per heavy atom. The summed E-state index contributed by atoms with van der Waals surface area (Å²) in [6.45, 7) is 6.66. The van der Waals surface area contributed by atoms with Gasteiger partial charge in [0.2, 0.25) is 5.91 Å². The minimum Gasteiger partial charge on any atom is -0.389 e. The quantitative estimate of drug-likeness (QED) is 0.784. The van der Waals surface area contributed by atoms with Crippen LogP contribution in [0.15, 0.2) is 0 Å². The highest BCUT2D eigenvalue weighted by atomic mass is 16.3. The SMILES string of the molecule is CCC1CCC(O)(CNCC(=O)N2CCN(C)CC2)CC1. The number of piperazine rings is 1. The second-order valence-electron chi connectivity index (χ2n) is 6.86. The van der Waals surface area contributed by atoms with E-state index >= 15 is 0 Å². The lowest BCUT2D eigenvalue weighted by Crippen LogP contribution is -2.51. The molecule has 5 nitrogen and oxygen atoms in total. The molecule has 1 heterocycles. The molecule has 0 aromatic carbocycles. The average Bonchev–Trinajstić information content (AvgIpc) is 2.48. The van der Waals surface area contributed by atoms with Crippen LogP contribution in [-0.4, -0.2) is 72.7 Å². The minimum atomic E-state index is -0.603. The van der Waals surface area contributed by atoms with Gasteiger partial charge in [0.1, 0.15) is 0 Å². The molecule has 2 N–H and O–H groups in total. The van der Waals surface area contributed by atoms with Crippen molar-refractivity contribution in [1.29, 1.82) is 0 Å². The van der Waals surface area contributed by atoms with E-state index in [1.165, 1.54) is 6.42 Å². The van der Waals surface area contributed by atoms with Gasteiger partial charge in [-0.25, -0.2) is 0 Å². The molecule has 0 radical (unpaired) electrons. The maximum Gasteiger partial charge on any atom is 0.236 e. The number of likely N-dealkylation sites (N-methyl/N-ethyl adjacent to an activating group) is 1. The van der Waals surface area contributed by atoms with Gasteiger partial charge in [-0.2, -0.15) is 0 Å². The molecular weight excluding hydrogens is 266 g/mol. The molecule has 0 spiro atoms. The number of nitrogens with one attached hydrogen (secondary N) is 1. The molecule has 1 amide bonds. The van der Waals surface area contributed by atoms with Crippen molar-refractivity contribution in [3.05, 3.63) is 0 Å². The van der Waals surface area contributed by atoms with Crippen LogP contribution in [0.3, 0.4) is 0 Å². The van der Waals surface area contributed by atoms with Crippen LogP contribution in [0.25, 0.3) is 0 Å². The summed E-state index contributed by atoms with van der Waals surface area (Å²) in [5, 5.41) is 13.7. The van der Waals surface area contributed by atoms with Gasteiger partial charge < -0.3 is 20.2 Å². The Labute approximate surface area is 128 Å². The van der Waals surface area contributed by atoms with E-state index in [2.05, 4.69) is 24.2 Å². The first-order valence-electron chi connectivity index (χ1n) is 8.42. The molecule has 2 fully saturated rings. The van der Waals surface area contributed by atoms with E-state index in [1.54, 1.807) is 0 Å². The Balaban J connectivity index is 1.66. The summed E-state index contributed by atoms with van der Waals surface area (Å²) < 4.78 is 0. The van der Waals surface area contributed by atoms with Gasteiger partial charge in [0.15, 0.2) is 0 Å². The van der Waals surface area contributed by atoms with Gasteiger partial charge in [0.25, 0.3) is 0 Å². The summed E-state index contributed by atoms with van der Waals surface area (Å²) in [6, 6.07) is 0. The largest absolute Gasteiger partial charge is 0.389 e. The number of hydrogen-bond acceptors (Lipinski definition) is 4. The normalized spacial score (nSPS) is 31.4. The van der Waals surface area contributed by atoms with Crippen LogP contribution in [-0.2, 0) is 4.79 Å². The van der Waals surface area contributed by atoms with Crippen molar-refractivity contribution in [2.24, 2.45) is 5.92 Å². The number of nitrogens with zero attached hydrogens (tertiary/aromatic N) is 2. The topological polar surface area (TPSA) is 55.8 Å². The first kappa shape index (κ1) is 16.7. The maximum absolute atomic E-state index is 12.1. The predicted octanol–water partition coefficient (Wildman–Crippen LogP) is 0.681. The van der Waals surface area contributed by atoms with Crippen molar-refractivity contribution in [3.63, 3.8) is 0 Å². The highest BCUT2D eigenvalue weighted by Crippen LogP contribution is 2.33. The van der Waals surface area contributed by atoms with Crippen molar-refractivity contribution in [1.82, 2.24) is 15.1 Å². The number of amides is 1. The molecule has 0 unspecified atom stereocenters. The molecule has 1 aliphatic carbocycles. The monoisotopic (exact) mass is 297 g/mol. The van der Waals surface area contributed by atoms with Gasteiger partial charge in [0.05, 0.1) is 12.1 Å². The molecule has 21 heavy (non-hydrogen) atoms. The van der Waals surface area contributed by atoms with Gasteiger partial charge in [-0.05, 0) is 38.6 Å². The zero-order valence-electron chi connectivity index (χ0n) is 13.6. The molecular formula is C16H31N3O2. The third-order valence-electron chi connectivity index (χ3n) is 5.20. The van der Waals surface area contributed by atoms with Crippen molar-refractivity contribution in [3.8, 4) is 0 Å². The van der Waals surface area contributed by atoms with E-state index in [9.17, 15) is 9.90 Å². The first-order valence-corrected chi connectivity index (χ1v) is 8.42. The fraction of sp³-hybridized carbons (Fsp3) is 0.938. The van der Waals surface area contributed by atoms with E-state index in [1.807, 2.05) is 4.90 Å². The van der Waals surface area contributed by atoms with Crippen LogP contribution in [0.5, 0.6) is 0 Å². The van der Waals surface area contributed by atoms with Crippen LogP contribution in [0, 0.1) is 5.92 Å². The summed E-state index contributed by atoms with van der Waals surface area (Å²) in [6.07, 6.45) is 5.16. The molecule has 0 atom stereocenters. The molecule has 1 saturated heterocycles. The smallest absolute Gasteiger partial charge is 0.236 e. The van der Waals surface area contributed by atoms with Crippen LogP contribution in [0.4, 0.5) is 0 Å². The Kier molecular flexibility index (Phi) is 6.02. The van der Waals surface area contributed by atoms with Crippen LogP contribution in [0.1, 0.15) is 39.0 Å². The zero-order valence-corrected chi connectivity index (χ0v) is 13.6. The van der Waals surface area contributed by atoms with Crippen LogP contribution in [0.2, 0.25) is 0 Å². The summed E-state index contributed by atoms with van der Waals surface area (Å²) in [5.74, 6) is 0.936. The number of hydrogen-bond donors (Lipinski definition) is 2. The number of carbonyl (C=O) groups is 1. The third-order valence-corrected chi connectivity index (χ3v) is 5.20. The number of carbonyl (C=O) groups excluding carboxylic acids is 1. The Morgan fingerprint density at radius 2 is 1.86 bits per heavy atom. The van der Waals surface area contributed by atoms with Gasteiger partial charge >= 0.3 is 0 Å². The fourth-order valence-corrected chi connectivity index (χ4v) is 3.37. The lowest BCUT2D eigenvalue weighted by Gasteiger charge is -2.36. The Hall–Kier alpha value is -0.650. The molecule has 0 aromatic rings. The van der Waals surface area contributed by atoms with Crippen molar-refractivity contribution in [2.45, 2.75) is 44.6 Å². The second kappa shape index (κ2) is 7.56. The summed E-state index contributed by atoms with van der Waals surface area (Å²) in [4.78, 5) is 16.3. The standard InChI is InChI=1S/C16H31N3O2/c1-3-14-4-6-16(21,7-5-14)13-17-12-15(20)19-10-8-18(2)9-11-19/h14,17,21H,3-13H2,1-2H3. The van der Waals surface area contributed by atoms with Crippen LogP contribution >= 0.6 is 0 Å². The van der Waals surface area contributed by atoms with Gasteiger partial charge in [-0.15, -0.1) is 0 Å². The third kappa shape index (κ3) is 4.94. The molecule has 0 bridgehead atoms. The van der Waals surface area contributed by atoms with E-state index in [4.69, 9.17) is 0 Å². The van der Waals surface area contributed by atoms with Crippen LogP contribution < -0.4 is 5.32 Å². The van der Waals surface area contributed by atoms with Gasteiger partial charge in [-0.1, -0.05) is 13.3 Å². The molecule has 122 valence electrons. The second-order valence-corrected chi connectivity index (χ2v) is 6.86. The first-order chi connectivity index (χ1) is 10.0. The van der Waals surface area contributed by atoms with Crippen molar-refractivity contribution >= 4 is 5.91 Å². The zero-order chi connectivity index (χ0) is 15.3. The van der Waals surface area contributed by atoms with Gasteiger partial charge in [-0.3, -0.25) is 4.79 Å². The van der Waals surface area contributed by atoms with E-state index in [0.29, 0.717) is 13.1 Å². The summed E-state index contributed by atoms with van der Waals surface area (Å²) in [7, 11) is 2.09. The highest BCUT2D eigenvalue weighted by Gasteiger charge is 2.32. The number of aliphatic hydroxyl groups is 1. The number of rotatable bonds is 5. The van der Waals surface area contributed by atoms with Gasteiger partial charge in [0, 0.05) is 32.7 Å². The van der Waals surface area contributed by atoms with E-state index in [0.717, 1.165) is 57.8 Å².